The van der Waals surface area contributed by atoms with Crippen LogP contribution in [0.1, 0.15) is 10.4 Å². The topological polar surface area (TPSA) is 41.2 Å². The number of para-hydroxylation sites is 1. The third-order valence-corrected chi connectivity index (χ3v) is 3.96. The van der Waals surface area contributed by atoms with E-state index < -0.39 is 5.97 Å². The molecule has 2 heterocycles. The van der Waals surface area contributed by atoms with Crippen LogP contribution >= 0.6 is 11.3 Å². The number of aromatic nitrogens is 1. The lowest BCUT2D eigenvalue weighted by atomic mass is 10.1. The van der Waals surface area contributed by atoms with Crippen molar-refractivity contribution in [3.05, 3.63) is 41.3 Å². The molecule has 0 aliphatic carbocycles. The maximum Gasteiger partial charge on any atom is 0.337 e. The summed E-state index contributed by atoms with van der Waals surface area (Å²) in [4.78, 5) is 12.4. The molecular formula is C13H10NO2S+. The van der Waals surface area contributed by atoms with Crippen molar-refractivity contribution < 1.29 is 14.5 Å². The summed E-state index contributed by atoms with van der Waals surface area (Å²) in [6, 6.07) is 9.47. The van der Waals surface area contributed by atoms with Gasteiger partial charge >= 0.3 is 5.97 Å². The number of nitrogens with zero attached hydrogens (tertiary/aromatic N) is 1. The number of rotatable bonds is 1. The first-order valence-electron chi connectivity index (χ1n) is 5.21. The van der Waals surface area contributed by atoms with Crippen molar-refractivity contribution in [2.24, 2.45) is 7.05 Å². The zero-order valence-corrected chi connectivity index (χ0v) is 9.99. The molecule has 0 radical (unpaired) electrons. The second kappa shape index (κ2) is 3.53. The molecule has 0 aliphatic rings. The summed E-state index contributed by atoms with van der Waals surface area (Å²) in [5, 5.41) is 12.9. The highest BCUT2D eigenvalue weighted by Crippen LogP contribution is 2.27. The number of thiophene rings is 1. The van der Waals surface area contributed by atoms with E-state index in [2.05, 4.69) is 0 Å². The molecule has 17 heavy (non-hydrogen) atoms. The molecule has 84 valence electrons. The maximum atomic E-state index is 11.4. The van der Waals surface area contributed by atoms with Crippen molar-refractivity contribution >= 4 is 38.4 Å². The summed E-state index contributed by atoms with van der Waals surface area (Å²) < 4.78 is 2.04. The summed E-state index contributed by atoms with van der Waals surface area (Å²) in [7, 11) is 1.97. The van der Waals surface area contributed by atoms with Gasteiger partial charge in [0, 0.05) is 6.07 Å². The monoisotopic (exact) mass is 244 g/mol. The van der Waals surface area contributed by atoms with Crippen LogP contribution in [0.25, 0.3) is 21.1 Å². The Kier molecular flexibility index (Phi) is 2.12. The van der Waals surface area contributed by atoms with Gasteiger partial charge in [-0.1, -0.05) is 23.5 Å². The van der Waals surface area contributed by atoms with Gasteiger partial charge in [-0.05, 0) is 17.5 Å². The Balaban J connectivity index is 2.67. The Labute approximate surface area is 102 Å². The molecule has 0 saturated carbocycles. The van der Waals surface area contributed by atoms with Gasteiger partial charge in [0.25, 0.3) is 4.83 Å². The normalized spacial score (nSPS) is 11.1. The van der Waals surface area contributed by atoms with Crippen LogP contribution in [-0.4, -0.2) is 11.1 Å². The van der Waals surface area contributed by atoms with Crippen LogP contribution in [0, 0.1) is 0 Å². The minimum atomic E-state index is -0.870. The van der Waals surface area contributed by atoms with E-state index in [1.54, 1.807) is 11.3 Å². The molecule has 2 aromatic heterocycles. The van der Waals surface area contributed by atoms with E-state index >= 15 is 0 Å². The first-order valence-corrected chi connectivity index (χ1v) is 6.09. The SMILES string of the molecule is C[n+]1c2ccccc2c(C(=O)O)c2ccsc21. The summed E-state index contributed by atoms with van der Waals surface area (Å²) in [5.41, 5.74) is 1.34. The number of aromatic carboxylic acids is 1. The van der Waals surface area contributed by atoms with E-state index in [9.17, 15) is 9.90 Å². The standard InChI is InChI=1S/C13H9NO2S/c1-14-10-5-3-2-4-8(10)11(13(15)16)9-6-7-17-12(9)14/h2-7H,1H3/p+1. The van der Waals surface area contributed by atoms with Crippen molar-refractivity contribution in [3.8, 4) is 0 Å². The number of carboxylic acid groups (broad SMARTS) is 1. The van der Waals surface area contributed by atoms with Gasteiger partial charge in [-0.3, -0.25) is 0 Å². The van der Waals surface area contributed by atoms with Gasteiger partial charge in [0.05, 0.1) is 16.3 Å². The molecule has 3 rings (SSSR count). The lowest BCUT2D eigenvalue weighted by Gasteiger charge is -2.03. The average molecular weight is 244 g/mol. The Hall–Kier alpha value is -1.94. The molecule has 0 spiro atoms. The van der Waals surface area contributed by atoms with E-state index in [1.165, 1.54) is 0 Å². The van der Waals surface area contributed by atoms with Crippen molar-refractivity contribution in [3.63, 3.8) is 0 Å². The third kappa shape index (κ3) is 1.34. The highest BCUT2D eigenvalue weighted by Gasteiger charge is 2.22. The summed E-state index contributed by atoms with van der Waals surface area (Å²) >= 11 is 1.56. The number of carbonyl (C=O) groups is 1. The Morgan fingerprint density at radius 3 is 2.76 bits per heavy atom. The molecule has 3 aromatic rings. The molecule has 0 aliphatic heterocycles. The summed E-state index contributed by atoms with van der Waals surface area (Å²) in [5.74, 6) is -0.870. The third-order valence-electron chi connectivity index (χ3n) is 2.97. The maximum absolute atomic E-state index is 11.4. The van der Waals surface area contributed by atoms with Gasteiger partial charge in [-0.25, -0.2) is 4.79 Å². The molecule has 0 fully saturated rings. The Morgan fingerprint density at radius 1 is 1.24 bits per heavy atom. The molecule has 1 aromatic carbocycles. The number of pyridine rings is 1. The van der Waals surface area contributed by atoms with Gasteiger partial charge in [0.2, 0.25) is 5.52 Å². The van der Waals surface area contributed by atoms with E-state index in [0.29, 0.717) is 5.56 Å². The van der Waals surface area contributed by atoms with Crippen LogP contribution in [0.15, 0.2) is 35.7 Å². The molecule has 0 unspecified atom stereocenters. The van der Waals surface area contributed by atoms with E-state index in [-0.39, 0.29) is 0 Å². The van der Waals surface area contributed by atoms with Crippen molar-refractivity contribution in [2.75, 3.05) is 0 Å². The van der Waals surface area contributed by atoms with Crippen LogP contribution in [0.2, 0.25) is 0 Å². The van der Waals surface area contributed by atoms with Gasteiger partial charge in [0.15, 0.2) is 0 Å². The molecule has 0 saturated heterocycles. The quantitative estimate of drug-likeness (QED) is 0.668. The van der Waals surface area contributed by atoms with Crippen molar-refractivity contribution in [2.45, 2.75) is 0 Å². The largest absolute Gasteiger partial charge is 0.478 e. The highest BCUT2D eigenvalue weighted by atomic mass is 32.1. The fraction of sp³-hybridized carbons (Fsp3) is 0.0769. The average Bonchev–Trinajstić information content (AvgIpc) is 2.78. The summed E-state index contributed by atoms with van der Waals surface area (Å²) in [6.07, 6.45) is 0. The second-order valence-corrected chi connectivity index (χ2v) is 4.79. The van der Waals surface area contributed by atoms with Gasteiger partial charge < -0.3 is 5.11 Å². The van der Waals surface area contributed by atoms with Crippen LogP contribution in [-0.2, 0) is 7.05 Å². The second-order valence-electron chi connectivity index (χ2n) is 3.90. The lowest BCUT2D eigenvalue weighted by Crippen LogP contribution is -2.30. The number of carboxylic acids is 1. The van der Waals surface area contributed by atoms with E-state index in [4.69, 9.17) is 0 Å². The molecule has 0 bridgehead atoms. The fourth-order valence-electron chi connectivity index (χ4n) is 2.21. The fourth-order valence-corrected chi connectivity index (χ4v) is 3.10. The predicted octanol–water partition coefficient (Wildman–Crippen LogP) is 2.58. The summed E-state index contributed by atoms with van der Waals surface area (Å²) in [6.45, 7) is 0. The van der Waals surface area contributed by atoms with E-state index in [1.807, 2.05) is 47.3 Å². The smallest absolute Gasteiger partial charge is 0.337 e. The minimum absolute atomic E-state index is 0.398. The molecule has 1 N–H and O–H groups in total. The van der Waals surface area contributed by atoms with Crippen molar-refractivity contribution in [1.82, 2.24) is 0 Å². The number of hydrogen-bond acceptors (Lipinski definition) is 2. The number of aryl methyl sites for hydroxylation is 1. The van der Waals surface area contributed by atoms with Gasteiger partial charge in [-0.15, -0.1) is 0 Å². The Morgan fingerprint density at radius 2 is 2.00 bits per heavy atom. The first-order chi connectivity index (χ1) is 8.20. The number of benzene rings is 1. The first kappa shape index (κ1) is 10.2. The Bertz CT molecular complexity index is 746. The van der Waals surface area contributed by atoms with Crippen LogP contribution in [0.5, 0.6) is 0 Å². The van der Waals surface area contributed by atoms with Crippen molar-refractivity contribution in [1.29, 1.82) is 0 Å². The number of fused-ring (bicyclic) bond motifs is 2. The van der Waals surface area contributed by atoms with Crippen LogP contribution < -0.4 is 4.57 Å². The number of hydrogen-bond donors (Lipinski definition) is 1. The van der Waals surface area contributed by atoms with Gasteiger partial charge in [0.1, 0.15) is 7.05 Å². The predicted molar refractivity (Wildman–Crippen MR) is 67.5 cm³/mol. The zero-order chi connectivity index (χ0) is 12.0. The molecule has 4 heteroatoms. The molecule has 0 atom stereocenters. The van der Waals surface area contributed by atoms with Crippen LogP contribution in [0.3, 0.4) is 0 Å². The molecular weight excluding hydrogens is 234 g/mol. The zero-order valence-electron chi connectivity index (χ0n) is 9.18. The lowest BCUT2D eigenvalue weighted by molar-refractivity contribution is -0.615. The molecule has 0 amide bonds. The minimum Gasteiger partial charge on any atom is -0.478 e. The van der Waals surface area contributed by atoms with E-state index in [0.717, 1.165) is 21.1 Å². The molecule has 3 nitrogen and oxygen atoms in total. The van der Waals surface area contributed by atoms with Gasteiger partial charge in [-0.2, -0.15) is 4.57 Å². The van der Waals surface area contributed by atoms with Crippen LogP contribution in [0.4, 0.5) is 0 Å². The highest BCUT2D eigenvalue weighted by molar-refractivity contribution is 7.16.